The van der Waals surface area contributed by atoms with Gasteiger partial charge >= 0.3 is 0 Å². The van der Waals surface area contributed by atoms with Crippen molar-refractivity contribution in [2.24, 2.45) is 5.92 Å². The second kappa shape index (κ2) is 7.10. The van der Waals surface area contributed by atoms with Gasteiger partial charge in [-0.2, -0.15) is 0 Å². The summed E-state index contributed by atoms with van der Waals surface area (Å²) in [6.07, 6.45) is 4.59. The van der Waals surface area contributed by atoms with Crippen molar-refractivity contribution in [3.8, 4) is 0 Å². The van der Waals surface area contributed by atoms with Crippen LogP contribution >= 0.6 is 24.8 Å². The first-order valence-electron chi connectivity index (χ1n) is 11.1. The van der Waals surface area contributed by atoms with Crippen LogP contribution < -0.4 is 9.80 Å². The number of hydrogen-bond donors (Lipinski definition) is 1. The summed E-state index contributed by atoms with van der Waals surface area (Å²) in [6, 6.07) is 17.3. The van der Waals surface area contributed by atoms with Gasteiger partial charge in [-0.15, -0.1) is 12.6 Å². The van der Waals surface area contributed by atoms with Crippen LogP contribution in [0.1, 0.15) is 38.8 Å². The monoisotopic (exact) mass is 458 g/mol. The summed E-state index contributed by atoms with van der Waals surface area (Å²) >= 11 is 10.9. The molecule has 0 radical (unpaired) electrons. The van der Waals surface area contributed by atoms with Crippen molar-refractivity contribution in [2.45, 2.75) is 38.5 Å². The molecule has 1 aliphatic carbocycles. The number of thiocarbonyl (C=S) groups is 1. The number of para-hydroxylation sites is 2. The van der Waals surface area contributed by atoms with Crippen LogP contribution in [0.5, 0.6) is 0 Å². The molecule has 2 nitrogen and oxygen atoms in total. The summed E-state index contributed by atoms with van der Waals surface area (Å²) < 4.78 is 0. The highest BCUT2D eigenvalue weighted by Crippen LogP contribution is 2.51. The number of anilines is 2. The number of benzene rings is 2. The molecule has 2 heterocycles. The third-order valence-electron chi connectivity index (χ3n) is 7.60. The van der Waals surface area contributed by atoms with E-state index in [0.717, 1.165) is 15.3 Å². The molecular weight excluding hydrogens is 428 g/mol. The summed E-state index contributed by atoms with van der Waals surface area (Å²) in [5, 5.41) is 0. The molecule has 3 aliphatic rings. The minimum Gasteiger partial charge on any atom is -0.347 e. The molecule has 1 atom stereocenters. The van der Waals surface area contributed by atoms with Gasteiger partial charge in [0.05, 0.1) is 0 Å². The standard InChI is InChI=1S/C28H30N2S2/c1-27(2)19-11-7-9-13-21(19)29(5)23(27)15-17-25(31)18(26(17)32)16-24-28(3,4)20-12-8-10-14-22(20)30(24)6/h7-17,31H,1-6H3/b23-15+,24-16+. The van der Waals surface area contributed by atoms with Crippen molar-refractivity contribution in [3.63, 3.8) is 0 Å². The van der Waals surface area contributed by atoms with E-state index in [1.54, 1.807) is 0 Å². The summed E-state index contributed by atoms with van der Waals surface area (Å²) in [5.74, 6) is 0.0865. The van der Waals surface area contributed by atoms with Crippen LogP contribution in [0.15, 0.2) is 82.6 Å². The minimum absolute atomic E-state index is 0.0570. The average molecular weight is 459 g/mol. The highest BCUT2D eigenvalue weighted by atomic mass is 32.1. The molecule has 4 heteroatoms. The van der Waals surface area contributed by atoms with Crippen LogP contribution in [0.3, 0.4) is 0 Å². The maximum atomic E-state index is 5.94. The first kappa shape index (κ1) is 21.5. The summed E-state index contributed by atoms with van der Waals surface area (Å²) in [4.78, 5) is 6.65. The average Bonchev–Trinajstić information content (AvgIpc) is 3.09. The lowest BCUT2D eigenvalue weighted by Crippen LogP contribution is -2.31. The number of hydrogen-bond acceptors (Lipinski definition) is 4. The smallest absolute Gasteiger partial charge is 0.0462 e. The molecule has 0 amide bonds. The van der Waals surface area contributed by atoms with Crippen LogP contribution in [0, 0.1) is 5.92 Å². The van der Waals surface area contributed by atoms with Gasteiger partial charge in [0, 0.05) is 69.0 Å². The third kappa shape index (κ3) is 2.82. The fourth-order valence-electron chi connectivity index (χ4n) is 5.66. The summed E-state index contributed by atoms with van der Waals surface area (Å²) in [5.41, 5.74) is 8.77. The second-order valence-electron chi connectivity index (χ2n) is 10.1. The third-order valence-corrected chi connectivity index (χ3v) is 8.60. The van der Waals surface area contributed by atoms with Crippen molar-refractivity contribution < 1.29 is 0 Å². The number of likely N-dealkylation sites (N-methyl/N-ethyl adjacent to an activating group) is 2. The number of fused-ring (bicyclic) bond motifs is 2. The molecule has 0 spiro atoms. The predicted molar refractivity (Wildman–Crippen MR) is 144 cm³/mol. The molecule has 2 aromatic rings. The Hall–Kier alpha value is -2.30. The SMILES string of the molecule is CN1/C(=C/C2=C(S)C(/C=C3/N(C)c4ccccc4C3(C)C)C2=S)C(C)(C)c2ccccc21. The van der Waals surface area contributed by atoms with E-state index in [4.69, 9.17) is 24.8 Å². The van der Waals surface area contributed by atoms with Crippen molar-refractivity contribution in [1.29, 1.82) is 0 Å². The Morgan fingerprint density at radius 3 is 1.78 bits per heavy atom. The molecule has 0 bridgehead atoms. The number of thiol groups is 1. The molecule has 2 aromatic carbocycles. The van der Waals surface area contributed by atoms with E-state index in [1.165, 1.54) is 33.9 Å². The first-order chi connectivity index (χ1) is 15.1. The topological polar surface area (TPSA) is 6.48 Å². The zero-order valence-corrected chi connectivity index (χ0v) is 21.3. The number of nitrogens with zero attached hydrogens (tertiary/aromatic N) is 2. The number of allylic oxidation sites excluding steroid dienone is 6. The maximum Gasteiger partial charge on any atom is 0.0462 e. The fourth-order valence-corrected chi connectivity index (χ4v) is 6.57. The largest absolute Gasteiger partial charge is 0.347 e. The molecule has 5 rings (SSSR count). The molecule has 2 aliphatic heterocycles. The van der Waals surface area contributed by atoms with Crippen LogP contribution in [-0.4, -0.2) is 19.0 Å². The zero-order valence-electron chi connectivity index (χ0n) is 19.6. The van der Waals surface area contributed by atoms with Gasteiger partial charge < -0.3 is 9.80 Å². The Morgan fingerprint density at radius 1 is 0.812 bits per heavy atom. The Balaban J connectivity index is 1.51. The lowest BCUT2D eigenvalue weighted by molar-refractivity contribution is 0.633. The normalized spacial score (nSPS) is 25.5. The zero-order chi connectivity index (χ0) is 23.0. The molecule has 0 N–H and O–H groups in total. The first-order valence-corrected chi connectivity index (χ1v) is 12.0. The molecule has 164 valence electrons. The Labute approximate surface area is 202 Å². The minimum atomic E-state index is -0.0686. The highest BCUT2D eigenvalue weighted by Gasteiger charge is 2.42. The predicted octanol–water partition coefficient (Wildman–Crippen LogP) is 6.79. The Bertz CT molecular complexity index is 1250. The molecule has 0 saturated heterocycles. The Morgan fingerprint density at radius 2 is 1.28 bits per heavy atom. The molecule has 0 saturated carbocycles. The van der Waals surface area contributed by atoms with E-state index in [2.05, 4.69) is 112 Å². The van der Waals surface area contributed by atoms with Crippen molar-refractivity contribution in [3.05, 3.63) is 93.7 Å². The van der Waals surface area contributed by atoms with E-state index < -0.39 is 0 Å². The maximum absolute atomic E-state index is 5.94. The van der Waals surface area contributed by atoms with Crippen LogP contribution in [-0.2, 0) is 10.8 Å². The lowest BCUT2D eigenvalue weighted by atomic mass is 9.77. The van der Waals surface area contributed by atoms with E-state index in [1.807, 2.05) is 0 Å². The van der Waals surface area contributed by atoms with Gasteiger partial charge in [-0.3, -0.25) is 0 Å². The lowest BCUT2D eigenvalue weighted by Gasteiger charge is -2.34. The van der Waals surface area contributed by atoms with E-state index in [-0.39, 0.29) is 16.7 Å². The Kier molecular flexibility index (Phi) is 4.78. The van der Waals surface area contributed by atoms with Gasteiger partial charge in [0.2, 0.25) is 0 Å². The van der Waals surface area contributed by atoms with Gasteiger partial charge in [0.15, 0.2) is 0 Å². The molecular formula is C28H30N2S2. The fraction of sp³-hybridized carbons (Fsp3) is 0.321. The van der Waals surface area contributed by atoms with Gasteiger partial charge in [0.1, 0.15) is 0 Å². The summed E-state index contributed by atoms with van der Waals surface area (Å²) in [6.45, 7) is 9.16. The van der Waals surface area contributed by atoms with Crippen molar-refractivity contribution >= 4 is 41.1 Å². The molecule has 1 unspecified atom stereocenters. The van der Waals surface area contributed by atoms with Gasteiger partial charge in [0.25, 0.3) is 0 Å². The van der Waals surface area contributed by atoms with Crippen LogP contribution in [0.2, 0.25) is 0 Å². The van der Waals surface area contributed by atoms with Crippen molar-refractivity contribution in [1.82, 2.24) is 0 Å². The summed E-state index contributed by atoms with van der Waals surface area (Å²) in [7, 11) is 4.30. The van der Waals surface area contributed by atoms with Crippen molar-refractivity contribution in [2.75, 3.05) is 23.9 Å². The second-order valence-corrected chi connectivity index (χ2v) is 11.0. The van der Waals surface area contributed by atoms with Gasteiger partial charge in [-0.05, 0) is 29.3 Å². The van der Waals surface area contributed by atoms with Gasteiger partial charge in [-0.25, -0.2) is 0 Å². The van der Waals surface area contributed by atoms with Crippen LogP contribution in [0.25, 0.3) is 0 Å². The van der Waals surface area contributed by atoms with Gasteiger partial charge in [-0.1, -0.05) is 82.4 Å². The van der Waals surface area contributed by atoms with E-state index in [9.17, 15) is 0 Å². The number of rotatable bonds is 2. The van der Waals surface area contributed by atoms with Crippen LogP contribution in [0.4, 0.5) is 11.4 Å². The molecule has 0 fully saturated rings. The highest BCUT2D eigenvalue weighted by molar-refractivity contribution is 7.86. The van der Waals surface area contributed by atoms with E-state index in [0.29, 0.717) is 0 Å². The van der Waals surface area contributed by atoms with E-state index >= 15 is 0 Å². The quantitative estimate of drug-likeness (QED) is 0.391. The molecule has 0 aromatic heterocycles. The molecule has 32 heavy (non-hydrogen) atoms.